The van der Waals surface area contributed by atoms with E-state index < -0.39 is 0 Å². The first kappa shape index (κ1) is 16.5. The van der Waals surface area contributed by atoms with Crippen LogP contribution in [-0.2, 0) is 4.79 Å². The van der Waals surface area contributed by atoms with Crippen molar-refractivity contribution in [3.05, 3.63) is 28.7 Å². The molecule has 23 heavy (non-hydrogen) atoms. The summed E-state index contributed by atoms with van der Waals surface area (Å²) in [5, 5.41) is 7.62. The molecule has 3 rings (SSSR count). The summed E-state index contributed by atoms with van der Waals surface area (Å²) in [5.74, 6) is 0.888. The van der Waals surface area contributed by atoms with Crippen molar-refractivity contribution in [1.29, 1.82) is 0 Å². The molecule has 122 valence electrons. The van der Waals surface area contributed by atoms with E-state index in [9.17, 15) is 4.79 Å². The molecule has 1 saturated heterocycles. The first-order chi connectivity index (χ1) is 11.1. The molecule has 1 aliphatic heterocycles. The van der Waals surface area contributed by atoms with Crippen molar-refractivity contribution < 1.29 is 4.79 Å². The molecule has 1 amide bonds. The molecule has 1 N–H and O–H groups in total. The summed E-state index contributed by atoms with van der Waals surface area (Å²) in [6.07, 6.45) is 3.44. The normalized spacial score (nSPS) is 16.3. The standard InChI is InChI=1S/C16H19BrN4OS/c1-11(15(22)21-9-5-2-6-10-21)23-16-18-14(19-20-16)12-7-3-4-8-13(12)17/h3-4,7-8,11H,2,5-6,9-10H2,1H3,(H,18,19,20)/t11-/m1/s1. The number of carbonyl (C=O) groups excluding carboxylic acids is 1. The summed E-state index contributed by atoms with van der Waals surface area (Å²) in [7, 11) is 0. The molecule has 2 heterocycles. The van der Waals surface area contributed by atoms with Crippen LogP contribution in [0.15, 0.2) is 33.9 Å². The number of carbonyl (C=O) groups is 1. The highest BCUT2D eigenvalue weighted by Gasteiger charge is 2.24. The molecule has 0 radical (unpaired) electrons. The van der Waals surface area contributed by atoms with Gasteiger partial charge in [0.05, 0.1) is 5.25 Å². The third-order valence-corrected chi connectivity index (χ3v) is 5.53. The van der Waals surface area contributed by atoms with Gasteiger partial charge in [0.2, 0.25) is 11.1 Å². The number of aromatic nitrogens is 3. The summed E-state index contributed by atoms with van der Waals surface area (Å²) in [4.78, 5) is 18.9. The molecule has 1 aliphatic rings. The van der Waals surface area contributed by atoms with Gasteiger partial charge >= 0.3 is 0 Å². The Kier molecular flexibility index (Phi) is 5.38. The van der Waals surface area contributed by atoms with Gasteiger partial charge in [-0.2, -0.15) is 0 Å². The molecule has 0 spiro atoms. The van der Waals surface area contributed by atoms with Gasteiger partial charge in [-0.3, -0.25) is 9.89 Å². The number of benzene rings is 1. The molecule has 7 heteroatoms. The minimum atomic E-state index is -0.170. The number of rotatable bonds is 4. The lowest BCUT2D eigenvalue weighted by Crippen LogP contribution is -2.40. The molecule has 0 unspecified atom stereocenters. The fourth-order valence-corrected chi connectivity index (χ4v) is 3.93. The number of piperidine rings is 1. The number of hydrogen-bond donors (Lipinski definition) is 1. The smallest absolute Gasteiger partial charge is 0.235 e. The number of likely N-dealkylation sites (tertiary alicyclic amines) is 1. The summed E-state index contributed by atoms with van der Waals surface area (Å²) < 4.78 is 0.963. The van der Waals surface area contributed by atoms with Gasteiger partial charge < -0.3 is 4.90 Å². The van der Waals surface area contributed by atoms with Gasteiger partial charge in [-0.05, 0) is 32.3 Å². The highest BCUT2D eigenvalue weighted by Crippen LogP contribution is 2.28. The lowest BCUT2D eigenvalue weighted by atomic mass is 10.1. The number of nitrogens with zero attached hydrogens (tertiary/aromatic N) is 3. The molecular weight excluding hydrogens is 376 g/mol. The van der Waals surface area contributed by atoms with Crippen molar-refractivity contribution in [2.24, 2.45) is 0 Å². The highest BCUT2D eigenvalue weighted by molar-refractivity contribution is 9.10. The Labute approximate surface area is 148 Å². The van der Waals surface area contributed by atoms with E-state index in [1.165, 1.54) is 18.2 Å². The molecule has 0 bridgehead atoms. The maximum atomic E-state index is 12.5. The van der Waals surface area contributed by atoms with Crippen LogP contribution >= 0.6 is 27.7 Å². The quantitative estimate of drug-likeness (QED) is 0.802. The molecule has 1 fully saturated rings. The number of hydrogen-bond acceptors (Lipinski definition) is 4. The van der Waals surface area contributed by atoms with Gasteiger partial charge in [0.25, 0.3) is 0 Å². The zero-order valence-electron chi connectivity index (χ0n) is 13.0. The first-order valence-electron chi connectivity index (χ1n) is 7.78. The number of halogens is 1. The Morgan fingerprint density at radius 1 is 1.30 bits per heavy atom. The van der Waals surface area contributed by atoms with Crippen molar-refractivity contribution in [3.8, 4) is 11.4 Å². The number of H-pyrrole nitrogens is 1. The van der Waals surface area contributed by atoms with Crippen LogP contribution in [0.25, 0.3) is 11.4 Å². The molecule has 2 aromatic rings. The topological polar surface area (TPSA) is 61.9 Å². The van der Waals surface area contributed by atoms with Crippen molar-refractivity contribution in [2.45, 2.75) is 36.6 Å². The second-order valence-electron chi connectivity index (χ2n) is 5.59. The van der Waals surface area contributed by atoms with E-state index in [1.807, 2.05) is 36.1 Å². The van der Waals surface area contributed by atoms with E-state index >= 15 is 0 Å². The third kappa shape index (κ3) is 3.95. The molecule has 1 aromatic heterocycles. The fourth-order valence-electron chi connectivity index (χ4n) is 2.65. The van der Waals surface area contributed by atoms with E-state index in [1.54, 1.807) is 0 Å². The summed E-state index contributed by atoms with van der Waals surface area (Å²) >= 11 is 4.92. The van der Waals surface area contributed by atoms with E-state index in [4.69, 9.17) is 0 Å². The second kappa shape index (κ2) is 7.49. The van der Waals surface area contributed by atoms with Crippen LogP contribution < -0.4 is 0 Å². The summed E-state index contributed by atoms with van der Waals surface area (Å²) in [6.45, 7) is 3.68. The van der Waals surface area contributed by atoms with Gasteiger partial charge in [0.15, 0.2) is 5.82 Å². The summed E-state index contributed by atoms with van der Waals surface area (Å²) in [6, 6.07) is 7.85. The number of amides is 1. The van der Waals surface area contributed by atoms with Crippen LogP contribution in [-0.4, -0.2) is 44.3 Å². The Morgan fingerprint density at radius 3 is 2.78 bits per heavy atom. The average molecular weight is 395 g/mol. The van der Waals surface area contributed by atoms with Crippen molar-refractivity contribution in [2.75, 3.05) is 13.1 Å². The van der Waals surface area contributed by atoms with Crippen LogP contribution in [0.4, 0.5) is 0 Å². The average Bonchev–Trinajstić information content (AvgIpc) is 3.03. The predicted molar refractivity (Wildman–Crippen MR) is 95.3 cm³/mol. The van der Waals surface area contributed by atoms with E-state index in [-0.39, 0.29) is 11.2 Å². The molecule has 0 saturated carbocycles. The van der Waals surface area contributed by atoms with Gasteiger partial charge in [0, 0.05) is 23.1 Å². The summed E-state index contributed by atoms with van der Waals surface area (Å²) in [5.41, 5.74) is 0.960. The number of nitrogens with one attached hydrogen (secondary N) is 1. The molecule has 1 atom stereocenters. The lowest BCUT2D eigenvalue weighted by molar-refractivity contribution is -0.131. The minimum absolute atomic E-state index is 0.170. The molecule has 5 nitrogen and oxygen atoms in total. The lowest BCUT2D eigenvalue weighted by Gasteiger charge is -2.28. The molecule has 1 aromatic carbocycles. The van der Waals surface area contributed by atoms with Gasteiger partial charge in [0.1, 0.15) is 0 Å². The van der Waals surface area contributed by atoms with Crippen LogP contribution in [0, 0.1) is 0 Å². The van der Waals surface area contributed by atoms with Crippen LogP contribution in [0.5, 0.6) is 0 Å². The van der Waals surface area contributed by atoms with Crippen molar-refractivity contribution in [3.63, 3.8) is 0 Å². The predicted octanol–water partition coefficient (Wildman–Crippen LogP) is 3.73. The third-order valence-electron chi connectivity index (χ3n) is 3.89. The fraction of sp³-hybridized carbons (Fsp3) is 0.438. The zero-order valence-corrected chi connectivity index (χ0v) is 15.4. The van der Waals surface area contributed by atoms with Crippen LogP contribution in [0.3, 0.4) is 0 Å². The monoisotopic (exact) mass is 394 g/mol. The molecular formula is C16H19BrN4OS. The Hall–Kier alpha value is -1.34. The van der Waals surface area contributed by atoms with Crippen LogP contribution in [0.1, 0.15) is 26.2 Å². The molecule has 0 aliphatic carbocycles. The van der Waals surface area contributed by atoms with E-state index in [0.29, 0.717) is 11.0 Å². The largest absolute Gasteiger partial charge is 0.342 e. The SMILES string of the molecule is C[C@@H](Sc1n[nH]c(-c2ccccc2Br)n1)C(=O)N1CCCCC1. The second-order valence-corrected chi connectivity index (χ2v) is 7.75. The minimum Gasteiger partial charge on any atom is -0.342 e. The zero-order chi connectivity index (χ0) is 16.2. The van der Waals surface area contributed by atoms with Gasteiger partial charge in [-0.15, -0.1) is 5.10 Å². The van der Waals surface area contributed by atoms with Crippen molar-refractivity contribution in [1.82, 2.24) is 20.1 Å². The Balaban J connectivity index is 1.66. The van der Waals surface area contributed by atoms with E-state index in [0.717, 1.165) is 36.0 Å². The van der Waals surface area contributed by atoms with Gasteiger partial charge in [-0.25, -0.2) is 4.98 Å². The number of thioether (sulfide) groups is 1. The maximum Gasteiger partial charge on any atom is 0.235 e. The van der Waals surface area contributed by atoms with Crippen LogP contribution in [0.2, 0.25) is 0 Å². The maximum absolute atomic E-state index is 12.5. The first-order valence-corrected chi connectivity index (χ1v) is 9.45. The highest BCUT2D eigenvalue weighted by atomic mass is 79.9. The van der Waals surface area contributed by atoms with Crippen molar-refractivity contribution >= 4 is 33.6 Å². The Bertz CT molecular complexity index is 684. The Morgan fingerprint density at radius 2 is 2.04 bits per heavy atom. The van der Waals surface area contributed by atoms with E-state index in [2.05, 4.69) is 31.1 Å². The number of aromatic amines is 1. The van der Waals surface area contributed by atoms with Gasteiger partial charge in [-0.1, -0.05) is 45.9 Å².